The SMILES string of the molecule is Cc1c(C)c(C(C)C)c2c(c1C)N(C)CC2. The van der Waals surface area contributed by atoms with Crippen LogP contribution in [0, 0.1) is 20.8 Å². The Labute approximate surface area is 99.5 Å². The molecule has 2 rings (SSSR count). The monoisotopic (exact) mass is 217 g/mol. The highest BCUT2D eigenvalue weighted by atomic mass is 15.1. The summed E-state index contributed by atoms with van der Waals surface area (Å²) in [5.74, 6) is 0.638. The Balaban J connectivity index is 2.77. The lowest BCUT2D eigenvalue weighted by atomic mass is 9.86. The molecular formula is C15H23N. The van der Waals surface area contributed by atoms with Gasteiger partial charge in [0.15, 0.2) is 0 Å². The zero-order valence-electron chi connectivity index (χ0n) is 11.4. The largest absolute Gasteiger partial charge is 0.374 e. The van der Waals surface area contributed by atoms with Crippen LogP contribution in [0.2, 0.25) is 0 Å². The molecule has 1 aliphatic rings. The van der Waals surface area contributed by atoms with Gasteiger partial charge in [-0.05, 0) is 60.9 Å². The van der Waals surface area contributed by atoms with E-state index in [0.717, 1.165) is 0 Å². The number of benzene rings is 1. The molecular weight excluding hydrogens is 194 g/mol. The average molecular weight is 217 g/mol. The molecule has 0 unspecified atom stereocenters. The number of nitrogens with zero attached hydrogens (tertiary/aromatic N) is 1. The van der Waals surface area contributed by atoms with Crippen molar-refractivity contribution in [3.63, 3.8) is 0 Å². The predicted octanol–water partition coefficient (Wildman–Crippen LogP) is 3.73. The summed E-state index contributed by atoms with van der Waals surface area (Å²) in [6, 6.07) is 0. The van der Waals surface area contributed by atoms with Crippen LogP contribution in [-0.2, 0) is 6.42 Å². The van der Waals surface area contributed by atoms with Crippen molar-refractivity contribution >= 4 is 5.69 Å². The van der Waals surface area contributed by atoms with Crippen molar-refractivity contribution < 1.29 is 0 Å². The van der Waals surface area contributed by atoms with Gasteiger partial charge in [0, 0.05) is 19.3 Å². The van der Waals surface area contributed by atoms with Crippen LogP contribution in [0.15, 0.2) is 0 Å². The fourth-order valence-electron chi connectivity index (χ4n) is 3.18. The Hall–Kier alpha value is -0.980. The quantitative estimate of drug-likeness (QED) is 0.693. The van der Waals surface area contributed by atoms with E-state index in [9.17, 15) is 0 Å². The third kappa shape index (κ3) is 1.45. The summed E-state index contributed by atoms with van der Waals surface area (Å²) in [6.45, 7) is 12.6. The molecule has 0 amide bonds. The van der Waals surface area contributed by atoms with Gasteiger partial charge in [0.1, 0.15) is 0 Å². The molecule has 0 spiro atoms. The Morgan fingerprint density at radius 2 is 1.62 bits per heavy atom. The molecule has 1 heteroatoms. The number of likely N-dealkylation sites (N-methyl/N-ethyl adjacent to an activating group) is 1. The average Bonchev–Trinajstić information content (AvgIpc) is 2.57. The molecule has 16 heavy (non-hydrogen) atoms. The van der Waals surface area contributed by atoms with E-state index >= 15 is 0 Å². The maximum absolute atomic E-state index is 2.42. The highest BCUT2D eigenvalue weighted by molar-refractivity contribution is 5.69. The van der Waals surface area contributed by atoms with Gasteiger partial charge in [0.2, 0.25) is 0 Å². The fourth-order valence-corrected chi connectivity index (χ4v) is 3.18. The summed E-state index contributed by atoms with van der Waals surface area (Å²) in [4.78, 5) is 2.42. The van der Waals surface area contributed by atoms with Crippen LogP contribution in [0.4, 0.5) is 5.69 Å². The second-order valence-electron chi connectivity index (χ2n) is 5.44. The summed E-state index contributed by atoms with van der Waals surface area (Å²) in [7, 11) is 2.22. The first-order valence-corrected chi connectivity index (χ1v) is 6.28. The van der Waals surface area contributed by atoms with E-state index < -0.39 is 0 Å². The second-order valence-corrected chi connectivity index (χ2v) is 5.44. The van der Waals surface area contributed by atoms with Gasteiger partial charge in [-0.25, -0.2) is 0 Å². The molecule has 1 aliphatic heterocycles. The minimum atomic E-state index is 0.638. The normalized spacial score (nSPS) is 14.8. The van der Waals surface area contributed by atoms with Crippen LogP contribution >= 0.6 is 0 Å². The molecule has 1 heterocycles. The number of hydrogen-bond donors (Lipinski definition) is 0. The minimum Gasteiger partial charge on any atom is -0.374 e. The summed E-state index contributed by atoms with van der Waals surface area (Å²) in [5.41, 5.74) is 9.20. The zero-order chi connectivity index (χ0) is 12.0. The maximum atomic E-state index is 2.42. The molecule has 0 bridgehead atoms. The van der Waals surface area contributed by atoms with Gasteiger partial charge in [-0.3, -0.25) is 0 Å². The van der Waals surface area contributed by atoms with Crippen molar-refractivity contribution in [2.75, 3.05) is 18.5 Å². The maximum Gasteiger partial charge on any atom is 0.0432 e. The number of fused-ring (bicyclic) bond motifs is 1. The van der Waals surface area contributed by atoms with Gasteiger partial charge in [-0.1, -0.05) is 13.8 Å². The van der Waals surface area contributed by atoms with E-state index in [1.54, 1.807) is 11.1 Å². The minimum absolute atomic E-state index is 0.638. The van der Waals surface area contributed by atoms with Crippen molar-refractivity contribution in [2.45, 2.75) is 47.0 Å². The highest BCUT2D eigenvalue weighted by Gasteiger charge is 2.25. The molecule has 0 atom stereocenters. The molecule has 88 valence electrons. The molecule has 0 saturated heterocycles. The van der Waals surface area contributed by atoms with Crippen molar-refractivity contribution in [3.8, 4) is 0 Å². The Morgan fingerprint density at radius 1 is 1.00 bits per heavy atom. The topological polar surface area (TPSA) is 3.24 Å². The number of anilines is 1. The smallest absolute Gasteiger partial charge is 0.0432 e. The molecule has 0 radical (unpaired) electrons. The third-order valence-corrected chi connectivity index (χ3v) is 4.15. The molecule has 1 aromatic rings. The Bertz CT molecular complexity index is 430. The van der Waals surface area contributed by atoms with Gasteiger partial charge in [0.25, 0.3) is 0 Å². The number of hydrogen-bond acceptors (Lipinski definition) is 1. The lowest BCUT2D eigenvalue weighted by Gasteiger charge is -2.23. The predicted molar refractivity (Wildman–Crippen MR) is 71.7 cm³/mol. The van der Waals surface area contributed by atoms with Crippen molar-refractivity contribution in [1.82, 2.24) is 0 Å². The van der Waals surface area contributed by atoms with E-state index in [1.807, 2.05) is 0 Å². The highest BCUT2D eigenvalue weighted by Crippen LogP contribution is 2.40. The summed E-state index contributed by atoms with van der Waals surface area (Å²) >= 11 is 0. The van der Waals surface area contributed by atoms with Crippen molar-refractivity contribution in [2.24, 2.45) is 0 Å². The fraction of sp³-hybridized carbons (Fsp3) is 0.600. The number of rotatable bonds is 1. The standard InChI is InChI=1S/C15H23N/c1-9(2)14-11(4)10(3)12(5)15-13(14)7-8-16(15)6/h9H,7-8H2,1-6H3. The molecule has 0 aliphatic carbocycles. The van der Waals surface area contributed by atoms with E-state index in [2.05, 4.69) is 46.6 Å². The van der Waals surface area contributed by atoms with Crippen LogP contribution in [-0.4, -0.2) is 13.6 Å². The molecule has 0 saturated carbocycles. The van der Waals surface area contributed by atoms with Crippen molar-refractivity contribution in [1.29, 1.82) is 0 Å². The first-order valence-electron chi connectivity index (χ1n) is 6.28. The van der Waals surface area contributed by atoms with E-state index in [0.29, 0.717) is 5.92 Å². The van der Waals surface area contributed by atoms with Gasteiger partial charge < -0.3 is 4.90 Å². The third-order valence-electron chi connectivity index (χ3n) is 4.15. The van der Waals surface area contributed by atoms with E-state index in [1.165, 1.54) is 35.3 Å². The van der Waals surface area contributed by atoms with E-state index in [4.69, 9.17) is 0 Å². The molecule has 0 N–H and O–H groups in total. The summed E-state index contributed by atoms with van der Waals surface area (Å²) in [5, 5.41) is 0. The second kappa shape index (κ2) is 3.80. The molecule has 1 nitrogen and oxygen atoms in total. The van der Waals surface area contributed by atoms with Crippen molar-refractivity contribution in [3.05, 3.63) is 27.8 Å². The van der Waals surface area contributed by atoms with E-state index in [-0.39, 0.29) is 0 Å². The summed E-state index contributed by atoms with van der Waals surface area (Å²) < 4.78 is 0. The lowest BCUT2D eigenvalue weighted by Crippen LogP contribution is -2.14. The summed E-state index contributed by atoms with van der Waals surface area (Å²) in [6.07, 6.45) is 1.22. The van der Waals surface area contributed by atoms with Crippen LogP contribution in [0.25, 0.3) is 0 Å². The van der Waals surface area contributed by atoms with Crippen LogP contribution in [0.5, 0.6) is 0 Å². The first-order chi connectivity index (χ1) is 7.45. The van der Waals surface area contributed by atoms with Gasteiger partial charge in [0.05, 0.1) is 0 Å². The Kier molecular flexibility index (Phi) is 2.73. The zero-order valence-corrected chi connectivity index (χ0v) is 11.4. The Morgan fingerprint density at radius 3 is 2.19 bits per heavy atom. The molecule has 0 fully saturated rings. The van der Waals surface area contributed by atoms with Crippen LogP contribution < -0.4 is 4.90 Å². The van der Waals surface area contributed by atoms with Gasteiger partial charge >= 0.3 is 0 Å². The lowest BCUT2D eigenvalue weighted by molar-refractivity contribution is 0.834. The molecule has 0 aromatic heterocycles. The first kappa shape index (κ1) is 11.5. The van der Waals surface area contributed by atoms with Gasteiger partial charge in [-0.15, -0.1) is 0 Å². The van der Waals surface area contributed by atoms with Gasteiger partial charge in [-0.2, -0.15) is 0 Å². The van der Waals surface area contributed by atoms with Crippen LogP contribution in [0.3, 0.4) is 0 Å². The van der Waals surface area contributed by atoms with Crippen LogP contribution in [0.1, 0.15) is 47.6 Å². The molecule has 1 aromatic carbocycles.